The largest absolute Gasteiger partial charge is 0.387 e. The van der Waals surface area contributed by atoms with Crippen molar-refractivity contribution in [3.8, 4) is 0 Å². The van der Waals surface area contributed by atoms with E-state index in [-0.39, 0.29) is 5.82 Å². The van der Waals surface area contributed by atoms with Crippen LogP contribution in [0.25, 0.3) is 0 Å². The molecule has 94 valence electrons. The summed E-state index contributed by atoms with van der Waals surface area (Å²) in [6.45, 7) is 3.65. The predicted octanol–water partition coefficient (Wildman–Crippen LogP) is 2.49. The molecular weight excluding hydrogens is 217 g/mol. The van der Waals surface area contributed by atoms with Crippen LogP contribution in [0, 0.1) is 17.7 Å². The van der Waals surface area contributed by atoms with Crippen molar-refractivity contribution in [2.45, 2.75) is 25.9 Å². The summed E-state index contributed by atoms with van der Waals surface area (Å²) in [5, 5.41) is 13.1. The summed E-state index contributed by atoms with van der Waals surface area (Å²) in [7, 11) is 0. The molecule has 2 rings (SSSR count). The van der Waals surface area contributed by atoms with Gasteiger partial charge in [0.25, 0.3) is 0 Å². The molecule has 1 aliphatic rings. The van der Waals surface area contributed by atoms with Crippen molar-refractivity contribution in [1.82, 2.24) is 5.32 Å². The van der Waals surface area contributed by atoms with Gasteiger partial charge < -0.3 is 10.4 Å². The van der Waals surface area contributed by atoms with Gasteiger partial charge in [-0.15, -0.1) is 0 Å². The van der Waals surface area contributed by atoms with Gasteiger partial charge in [-0.1, -0.05) is 19.1 Å². The normalized spacial score (nSPS) is 19.0. The number of aliphatic hydroxyl groups is 1. The molecule has 0 amide bonds. The topological polar surface area (TPSA) is 32.3 Å². The highest BCUT2D eigenvalue weighted by molar-refractivity contribution is 5.18. The Balaban J connectivity index is 1.74. The fourth-order valence-electron chi connectivity index (χ4n) is 2.11. The molecule has 1 aromatic carbocycles. The molecule has 0 spiro atoms. The van der Waals surface area contributed by atoms with Crippen molar-refractivity contribution in [2.75, 3.05) is 13.1 Å². The second-order valence-corrected chi connectivity index (χ2v) is 5.04. The molecule has 2 N–H and O–H groups in total. The molecule has 2 nitrogen and oxygen atoms in total. The lowest BCUT2D eigenvalue weighted by atomic mass is 10.1. The molecule has 3 heteroatoms. The third-order valence-electron chi connectivity index (χ3n) is 3.46. The van der Waals surface area contributed by atoms with E-state index in [4.69, 9.17) is 0 Å². The Hall–Kier alpha value is -0.930. The van der Waals surface area contributed by atoms with Gasteiger partial charge in [0.2, 0.25) is 0 Å². The third kappa shape index (κ3) is 3.79. The van der Waals surface area contributed by atoms with Crippen LogP contribution >= 0.6 is 0 Å². The molecule has 0 heterocycles. The highest BCUT2D eigenvalue weighted by atomic mass is 19.1. The van der Waals surface area contributed by atoms with Crippen molar-refractivity contribution in [1.29, 1.82) is 0 Å². The maximum atomic E-state index is 13.0. The van der Waals surface area contributed by atoms with Crippen LogP contribution in [0.15, 0.2) is 24.3 Å². The molecule has 0 aromatic heterocycles. The quantitative estimate of drug-likeness (QED) is 0.796. The van der Waals surface area contributed by atoms with Gasteiger partial charge in [-0.2, -0.15) is 0 Å². The molecule has 1 fully saturated rings. The zero-order chi connectivity index (χ0) is 12.3. The van der Waals surface area contributed by atoms with Gasteiger partial charge in [0.15, 0.2) is 0 Å². The Kier molecular flexibility index (Phi) is 4.13. The second-order valence-electron chi connectivity index (χ2n) is 5.04. The van der Waals surface area contributed by atoms with E-state index in [9.17, 15) is 9.50 Å². The average Bonchev–Trinajstić information content (AvgIpc) is 3.12. The predicted molar refractivity (Wildman–Crippen MR) is 66.1 cm³/mol. The summed E-state index contributed by atoms with van der Waals surface area (Å²) in [6.07, 6.45) is 2.06. The van der Waals surface area contributed by atoms with Crippen molar-refractivity contribution in [3.63, 3.8) is 0 Å². The number of hydrogen-bond donors (Lipinski definition) is 2. The Bertz CT molecular complexity index is 365. The van der Waals surface area contributed by atoms with Crippen molar-refractivity contribution >= 4 is 0 Å². The van der Waals surface area contributed by atoms with Crippen LogP contribution in [0.4, 0.5) is 4.39 Å². The molecule has 0 saturated heterocycles. The minimum Gasteiger partial charge on any atom is -0.387 e. The van der Waals surface area contributed by atoms with Crippen LogP contribution in [0.3, 0.4) is 0 Å². The van der Waals surface area contributed by atoms with E-state index in [0.29, 0.717) is 18.0 Å². The van der Waals surface area contributed by atoms with E-state index >= 15 is 0 Å². The lowest BCUT2D eigenvalue weighted by Crippen LogP contribution is -2.27. The van der Waals surface area contributed by atoms with Gasteiger partial charge >= 0.3 is 0 Å². The summed E-state index contributed by atoms with van der Waals surface area (Å²) in [5.74, 6) is 1.25. The van der Waals surface area contributed by atoms with E-state index in [1.54, 1.807) is 12.1 Å². The third-order valence-corrected chi connectivity index (χ3v) is 3.46. The molecule has 1 saturated carbocycles. The number of aliphatic hydroxyl groups excluding tert-OH is 1. The van der Waals surface area contributed by atoms with E-state index in [0.717, 1.165) is 12.5 Å². The van der Waals surface area contributed by atoms with Gasteiger partial charge in [0, 0.05) is 6.54 Å². The monoisotopic (exact) mass is 237 g/mol. The summed E-state index contributed by atoms with van der Waals surface area (Å²) in [5.41, 5.74) is 0.636. The molecule has 17 heavy (non-hydrogen) atoms. The SMILES string of the molecule is CC(CNCC(O)c1cccc(F)c1)C1CC1. The van der Waals surface area contributed by atoms with Crippen LogP contribution in [0.1, 0.15) is 31.4 Å². The minimum absolute atomic E-state index is 0.298. The number of nitrogens with one attached hydrogen (secondary N) is 1. The van der Waals surface area contributed by atoms with E-state index in [2.05, 4.69) is 12.2 Å². The number of benzene rings is 1. The minimum atomic E-state index is -0.628. The Labute approximate surface area is 102 Å². The van der Waals surface area contributed by atoms with Crippen molar-refractivity contribution < 1.29 is 9.50 Å². The summed E-state index contributed by atoms with van der Waals surface area (Å²) < 4.78 is 13.0. The van der Waals surface area contributed by atoms with Gasteiger partial charge in [-0.05, 0) is 48.9 Å². The molecule has 0 aliphatic heterocycles. The highest BCUT2D eigenvalue weighted by Crippen LogP contribution is 2.36. The van der Waals surface area contributed by atoms with E-state index in [1.807, 2.05) is 0 Å². The fourth-order valence-corrected chi connectivity index (χ4v) is 2.11. The van der Waals surface area contributed by atoms with Gasteiger partial charge in [-0.3, -0.25) is 0 Å². The van der Waals surface area contributed by atoms with Gasteiger partial charge in [0.05, 0.1) is 6.10 Å². The average molecular weight is 237 g/mol. The summed E-state index contributed by atoms with van der Waals surface area (Å²) in [6, 6.07) is 6.15. The summed E-state index contributed by atoms with van der Waals surface area (Å²) in [4.78, 5) is 0. The molecule has 2 unspecified atom stereocenters. The lowest BCUT2D eigenvalue weighted by Gasteiger charge is -2.15. The van der Waals surface area contributed by atoms with Crippen LogP contribution in [-0.2, 0) is 0 Å². The number of rotatable bonds is 6. The molecule has 2 atom stereocenters. The van der Waals surface area contributed by atoms with E-state index < -0.39 is 6.10 Å². The lowest BCUT2D eigenvalue weighted by molar-refractivity contribution is 0.172. The van der Waals surface area contributed by atoms with Crippen molar-refractivity contribution in [3.05, 3.63) is 35.6 Å². The molecular formula is C14H20FNO. The Morgan fingerprint density at radius 2 is 2.18 bits per heavy atom. The standard InChI is InChI=1S/C14H20FNO/c1-10(11-5-6-11)8-16-9-14(17)12-3-2-4-13(15)7-12/h2-4,7,10-11,14,16-17H,5-6,8-9H2,1H3. The van der Waals surface area contributed by atoms with Gasteiger partial charge in [0.1, 0.15) is 5.82 Å². The van der Waals surface area contributed by atoms with Crippen molar-refractivity contribution in [2.24, 2.45) is 11.8 Å². The second kappa shape index (κ2) is 5.61. The first-order valence-electron chi connectivity index (χ1n) is 6.31. The summed E-state index contributed by atoms with van der Waals surface area (Å²) >= 11 is 0. The van der Waals surface area contributed by atoms with E-state index in [1.165, 1.54) is 25.0 Å². The first-order valence-corrected chi connectivity index (χ1v) is 6.31. The zero-order valence-electron chi connectivity index (χ0n) is 10.2. The fraction of sp³-hybridized carbons (Fsp3) is 0.571. The number of halogens is 1. The molecule has 0 bridgehead atoms. The number of hydrogen-bond acceptors (Lipinski definition) is 2. The van der Waals surface area contributed by atoms with Crippen LogP contribution in [0.5, 0.6) is 0 Å². The first kappa shape index (κ1) is 12.5. The Morgan fingerprint density at radius 3 is 2.82 bits per heavy atom. The Morgan fingerprint density at radius 1 is 1.41 bits per heavy atom. The smallest absolute Gasteiger partial charge is 0.123 e. The molecule has 0 radical (unpaired) electrons. The maximum absolute atomic E-state index is 13.0. The van der Waals surface area contributed by atoms with Crippen LogP contribution < -0.4 is 5.32 Å². The highest BCUT2D eigenvalue weighted by Gasteiger charge is 2.27. The molecule has 1 aromatic rings. The maximum Gasteiger partial charge on any atom is 0.123 e. The van der Waals surface area contributed by atoms with Crippen LogP contribution in [0.2, 0.25) is 0 Å². The molecule has 1 aliphatic carbocycles. The van der Waals surface area contributed by atoms with Gasteiger partial charge in [-0.25, -0.2) is 4.39 Å². The zero-order valence-corrected chi connectivity index (χ0v) is 10.2. The van der Waals surface area contributed by atoms with Crippen LogP contribution in [-0.4, -0.2) is 18.2 Å². The first-order chi connectivity index (χ1) is 8.16.